The molecular weight excluding hydrogens is 255 g/mol. The van der Waals surface area contributed by atoms with Crippen molar-refractivity contribution in [3.63, 3.8) is 0 Å². The van der Waals surface area contributed by atoms with Crippen LogP contribution in [0.1, 0.15) is 5.56 Å². The maximum absolute atomic E-state index is 12.7. The molecule has 0 spiro atoms. The summed E-state index contributed by atoms with van der Waals surface area (Å²) in [6.45, 7) is -0.575. The number of halogens is 1. The first kappa shape index (κ1) is 15.1. The predicted molar refractivity (Wildman–Crippen MR) is 64.7 cm³/mol. The minimum atomic E-state index is -1.23. The lowest BCUT2D eigenvalue weighted by molar-refractivity contribution is -0.142. The van der Waals surface area contributed by atoms with Gasteiger partial charge in [0.2, 0.25) is 5.91 Å². The molecular formula is C12H15FN2O4. The summed E-state index contributed by atoms with van der Waals surface area (Å²) in [6, 6.07) is 2.92. The summed E-state index contributed by atoms with van der Waals surface area (Å²) >= 11 is 0. The van der Waals surface area contributed by atoms with Crippen LogP contribution in [0, 0.1) is 5.82 Å². The minimum absolute atomic E-state index is 0.000494. The molecule has 0 heterocycles. The van der Waals surface area contributed by atoms with E-state index in [0.717, 1.165) is 0 Å². The van der Waals surface area contributed by atoms with Gasteiger partial charge in [0.05, 0.1) is 6.61 Å². The number of rotatable bonds is 6. The molecule has 0 aliphatic heterocycles. The molecule has 1 aromatic rings. The number of carboxylic acids is 1. The van der Waals surface area contributed by atoms with E-state index >= 15 is 0 Å². The highest BCUT2D eigenvalue weighted by atomic mass is 19.1. The van der Waals surface area contributed by atoms with Crippen LogP contribution in [-0.4, -0.2) is 40.8 Å². The molecule has 7 heteroatoms. The summed E-state index contributed by atoms with van der Waals surface area (Å²) in [7, 11) is 0. The number of benzene rings is 1. The van der Waals surface area contributed by atoms with Crippen molar-refractivity contribution in [1.82, 2.24) is 5.32 Å². The number of hydrogen-bond donors (Lipinski definition) is 4. The molecule has 6 nitrogen and oxygen atoms in total. The fourth-order valence-electron chi connectivity index (χ4n) is 1.42. The number of aliphatic hydroxyl groups is 1. The van der Waals surface area contributed by atoms with Crippen LogP contribution in [-0.2, 0) is 16.0 Å². The van der Waals surface area contributed by atoms with E-state index in [1.165, 1.54) is 24.3 Å². The molecule has 0 radical (unpaired) electrons. The summed E-state index contributed by atoms with van der Waals surface area (Å²) in [4.78, 5) is 22.4. The Morgan fingerprint density at radius 1 is 1.32 bits per heavy atom. The Balaban J connectivity index is 2.71. The smallest absolute Gasteiger partial charge is 0.326 e. The van der Waals surface area contributed by atoms with Gasteiger partial charge in [0.1, 0.15) is 17.9 Å². The largest absolute Gasteiger partial charge is 0.480 e. The summed E-state index contributed by atoms with van der Waals surface area (Å²) < 4.78 is 12.7. The Labute approximate surface area is 109 Å². The van der Waals surface area contributed by atoms with Crippen LogP contribution in [0.3, 0.4) is 0 Å². The van der Waals surface area contributed by atoms with Gasteiger partial charge in [-0.05, 0) is 17.7 Å². The molecule has 0 bridgehead atoms. The molecule has 0 aromatic heterocycles. The SMILES string of the molecule is NC(CO)C(=O)NC(Cc1ccc(F)cc1)C(=O)O. The molecule has 5 N–H and O–H groups in total. The Bertz CT molecular complexity index is 450. The minimum Gasteiger partial charge on any atom is -0.480 e. The van der Waals surface area contributed by atoms with Gasteiger partial charge in [0.15, 0.2) is 0 Å². The zero-order valence-electron chi connectivity index (χ0n) is 10.0. The molecule has 0 saturated carbocycles. The monoisotopic (exact) mass is 270 g/mol. The van der Waals surface area contributed by atoms with Crippen molar-refractivity contribution in [2.24, 2.45) is 5.73 Å². The van der Waals surface area contributed by atoms with Crippen molar-refractivity contribution in [1.29, 1.82) is 0 Å². The third-order valence-electron chi connectivity index (χ3n) is 2.50. The molecule has 1 aromatic carbocycles. The van der Waals surface area contributed by atoms with Crippen LogP contribution in [0.25, 0.3) is 0 Å². The second kappa shape index (κ2) is 6.81. The van der Waals surface area contributed by atoms with Gasteiger partial charge in [0.25, 0.3) is 0 Å². The molecule has 0 saturated heterocycles. The van der Waals surface area contributed by atoms with Crippen LogP contribution in [0.4, 0.5) is 4.39 Å². The molecule has 2 atom stereocenters. The predicted octanol–water partition coefficient (Wildman–Crippen LogP) is -0.743. The Hall–Kier alpha value is -1.99. The van der Waals surface area contributed by atoms with E-state index in [4.69, 9.17) is 15.9 Å². The average molecular weight is 270 g/mol. The van der Waals surface area contributed by atoms with Crippen molar-refractivity contribution < 1.29 is 24.2 Å². The number of amides is 1. The van der Waals surface area contributed by atoms with E-state index < -0.39 is 36.4 Å². The number of carbonyl (C=O) groups is 2. The fraction of sp³-hybridized carbons (Fsp3) is 0.333. The Kier molecular flexibility index (Phi) is 5.40. The van der Waals surface area contributed by atoms with E-state index in [0.29, 0.717) is 5.56 Å². The maximum atomic E-state index is 12.7. The summed E-state index contributed by atoms with van der Waals surface area (Å²) in [5, 5.41) is 19.9. The van der Waals surface area contributed by atoms with E-state index in [-0.39, 0.29) is 6.42 Å². The van der Waals surface area contributed by atoms with Gasteiger partial charge in [-0.3, -0.25) is 4.79 Å². The highest BCUT2D eigenvalue weighted by Gasteiger charge is 2.23. The van der Waals surface area contributed by atoms with Crippen molar-refractivity contribution in [2.45, 2.75) is 18.5 Å². The van der Waals surface area contributed by atoms with Gasteiger partial charge in [-0.1, -0.05) is 12.1 Å². The molecule has 19 heavy (non-hydrogen) atoms. The molecule has 0 aliphatic carbocycles. The van der Waals surface area contributed by atoms with Crippen LogP contribution in [0.2, 0.25) is 0 Å². The number of hydrogen-bond acceptors (Lipinski definition) is 4. The third kappa shape index (κ3) is 4.65. The first-order valence-electron chi connectivity index (χ1n) is 5.58. The zero-order valence-corrected chi connectivity index (χ0v) is 10.0. The molecule has 1 amide bonds. The van der Waals surface area contributed by atoms with Gasteiger partial charge in [-0.2, -0.15) is 0 Å². The average Bonchev–Trinajstić information content (AvgIpc) is 2.39. The van der Waals surface area contributed by atoms with Crippen LogP contribution >= 0.6 is 0 Å². The van der Waals surface area contributed by atoms with E-state index in [9.17, 15) is 14.0 Å². The second-order valence-electron chi connectivity index (χ2n) is 4.02. The van der Waals surface area contributed by atoms with Crippen molar-refractivity contribution in [3.8, 4) is 0 Å². The summed E-state index contributed by atoms with van der Waals surface area (Å²) in [5.41, 5.74) is 5.84. The zero-order chi connectivity index (χ0) is 14.4. The topological polar surface area (TPSA) is 113 Å². The highest BCUT2D eigenvalue weighted by Crippen LogP contribution is 2.06. The number of nitrogens with two attached hydrogens (primary N) is 1. The fourth-order valence-corrected chi connectivity index (χ4v) is 1.42. The van der Waals surface area contributed by atoms with Gasteiger partial charge < -0.3 is 21.3 Å². The second-order valence-corrected chi connectivity index (χ2v) is 4.02. The molecule has 2 unspecified atom stereocenters. The molecule has 104 valence electrons. The standard InChI is InChI=1S/C12H15FN2O4/c13-8-3-1-7(2-4-8)5-10(12(18)19)15-11(17)9(14)6-16/h1-4,9-10,16H,5-6,14H2,(H,15,17)(H,18,19). The van der Waals surface area contributed by atoms with Gasteiger partial charge >= 0.3 is 5.97 Å². The highest BCUT2D eigenvalue weighted by molar-refractivity contribution is 5.87. The lowest BCUT2D eigenvalue weighted by atomic mass is 10.1. The van der Waals surface area contributed by atoms with Gasteiger partial charge in [-0.15, -0.1) is 0 Å². The Morgan fingerprint density at radius 2 is 1.89 bits per heavy atom. The van der Waals surface area contributed by atoms with Gasteiger partial charge in [0, 0.05) is 6.42 Å². The molecule has 1 rings (SSSR count). The van der Waals surface area contributed by atoms with E-state index in [1.807, 2.05) is 0 Å². The summed E-state index contributed by atoms with van der Waals surface area (Å²) in [5.74, 6) is -2.42. The first-order chi connectivity index (χ1) is 8.93. The van der Waals surface area contributed by atoms with E-state index in [2.05, 4.69) is 5.32 Å². The normalized spacial score (nSPS) is 13.6. The van der Waals surface area contributed by atoms with Gasteiger partial charge in [-0.25, -0.2) is 9.18 Å². The van der Waals surface area contributed by atoms with Crippen LogP contribution in [0.5, 0.6) is 0 Å². The third-order valence-corrected chi connectivity index (χ3v) is 2.50. The van der Waals surface area contributed by atoms with Crippen LogP contribution in [0.15, 0.2) is 24.3 Å². The first-order valence-corrected chi connectivity index (χ1v) is 5.58. The maximum Gasteiger partial charge on any atom is 0.326 e. The number of aliphatic carboxylic acids is 1. The number of carbonyl (C=O) groups excluding carboxylic acids is 1. The lowest BCUT2D eigenvalue weighted by Crippen LogP contribution is -2.50. The Morgan fingerprint density at radius 3 is 2.37 bits per heavy atom. The van der Waals surface area contributed by atoms with E-state index in [1.54, 1.807) is 0 Å². The molecule has 0 aliphatic rings. The number of nitrogens with one attached hydrogen (secondary N) is 1. The number of carboxylic acid groups (broad SMARTS) is 1. The van der Waals surface area contributed by atoms with Crippen molar-refractivity contribution in [3.05, 3.63) is 35.6 Å². The number of aliphatic hydroxyl groups excluding tert-OH is 1. The van der Waals surface area contributed by atoms with Crippen LogP contribution < -0.4 is 11.1 Å². The quantitative estimate of drug-likeness (QED) is 0.543. The molecule has 0 fully saturated rings. The van der Waals surface area contributed by atoms with Crippen molar-refractivity contribution in [2.75, 3.05) is 6.61 Å². The summed E-state index contributed by atoms with van der Waals surface area (Å²) in [6.07, 6.45) is -0.000494. The van der Waals surface area contributed by atoms with Crippen molar-refractivity contribution >= 4 is 11.9 Å². The lowest BCUT2D eigenvalue weighted by Gasteiger charge is -2.16.